The van der Waals surface area contributed by atoms with Crippen molar-refractivity contribution in [2.45, 2.75) is 13.5 Å². The Morgan fingerprint density at radius 2 is 2.29 bits per heavy atom. The first kappa shape index (κ1) is 16.1. The standard InChI is InChI=1S/C15H15N5O3S/c1-9-5-10(6-11(23-2)14(9)21)7-12-15(22)20(3-4-24-12)8-13-16-18-19-17-13/h3-7,21H,8H2,1-2H3,(H,16,17,18,19). The average molecular weight is 345 g/mol. The number of ether oxygens (including phenoxy) is 1. The number of nitrogens with zero attached hydrogens (tertiary/aromatic N) is 4. The minimum Gasteiger partial charge on any atom is -0.504 e. The van der Waals surface area contributed by atoms with E-state index < -0.39 is 0 Å². The fourth-order valence-electron chi connectivity index (χ4n) is 2.23. The van der Waals surface area contributed by atoms with E-state index in [1.54, 1.807) is 31.3 Å². The average Bonchev–Trinajstić information content (AvgIpc) is 3.07. The van der Waals surface area contributed by atoms with Gasteiger partial charge >= 0.3 is 0 Å². The number of carbonyl (C=O) groups is 1. The Hall–Kier alpha value is -2.81. The number of tetrazole rings is 1. The van der Waals surface area contributed by atoms with Gasteiger partial charge in [-0.1, -0.05) is 11.8 Å². The second kappa shape index (κ2) is 6.75. The number of aromatic amines is 1. The van der Waals surface area contributed by atoms with Crippen LogP contribution in [-0.2, 0) is 11.3 Å². The summed E-state index contributed by atoms with van der Waals surface area (Å²) in [4.78, 5) is 14.7. The van der Waals surface area contributed by atoms with Crippen molar-refractivity contribution in [3.63, 3.8) is 0 Å². The van der Waals surface area contributed by atoms with Gasteiger partial charge in [0.05, 0.1) is 18.6 Å². The number of phenols is 1. The number of hydrogen-bond acceptors (Lipinski definition) is 7. The molecule has 124 valence electrons. The van der Waals surface area contributed by atoms with Crippen molar-refractivity contribution in [2.75, 3.05) is 7.11 Å². The molecule has 2 aromatic rings. The highest BCUT2D eigenvalue weighted by Crippen LogP contribution is 2.34. The lowest BCUT2D eigenvalue weighted by atomic mass is 10.1. The molecule has 0 saturated carbocycles. The summed E-state index contributed by atoms with van der Waals surface area (Å²) in [5, 5.41) is 25.1. The number of aromatic nitrogens is 4. The fraction of sp³-hybridized carbons (Fsp3) is 0.200. The fourth-order valence-corrected chi connectivity index (χ4v) is 3.01. The van der Waals surface area contributed by atoms with Crippen molar-refractivity contribution in [1.29, 1.82) is 0 Å². The van der Waals surface area contributed by atoms with Crippen LogP contribution in [-0.4, -0.2) is 43.6 Å². The predicted octanol–water partition coefficient (Wildman–Crippen LogP) is 1.81. The number of rotatable bonds is 4. The number of H-pyrrole nitrogens is 1. The van der Waals surface area contributed by atoms with Crippen LogP contribution in [0, 0.1) is 6.92 Å². The molecule has 2 N–H and O–H groups in total. The molecule has 24 heavy (non-hydrogen) atoms. The smallest absolute Gasteiger partial charge is 0.265 e. The highest BCUT2D eigenvalue weighted by Gasteiger charge is 2.22. The molecule has 0 unspecified atom stereocenters. The largest absolute Gasteiger partial charge is 0.504 e. The molecule has 1 aliphatic heterocycles. The number of nitrogens with one attached hydrogen (secondary N) is 1. The van der Waals surface area contributed by atoms with Crippen molar-refractivity contribution in [3.05, 3.63) is 45.6 Å². The van der Waals surface area contributed by atoms with E-state index in [9.17, 15) is 9.90 Å². The Bertz CT molecular complexity index is 817. The molecule has 1 amide bonds. The summed E-state index contributed by atoms with van der Waals surface area (Å²) in [5.41, 5.74) is 1.45. The first-order valence-corrected chi connectivity index (χ1v) is 7.92. The maximum absolute atomic E-state index is 12.6. The van der Waals surface area contributed by atoms with Crippen LogP contribution in [0.2, 0.25) is 0 Å². The maximum Gasteiger partial charge on any atom is 0.265 e. The van der Waals surface area contributed by atoms with Gasteiger partial charge in [-0.25, -0.2) is 5.10 Å². The van der Waals surface area contributed by atoms with Gasteiger partial charge < -0.3 is 14.7 Å². The van der Waals surface area contributed by atoms with Gasteiger partial charge in [0.2, 0.25) is 0 Å². The first-order valence-electron chi connectivity index (χ1n) is 7.04. The molecule has 0 spiro atoms. The van der Waals surface area contributed by atoms with Crippen molar-refractivity contribution in [1.82, 2.24) is 25.5 Å². The number of methoxy groups -OCH3 is 1. The van der Waals surface area contributed by atoms with Crippen molar-refractivity contribution in [3.8, 4) is 11.5 Å². The molecule has 1 aromatic heterocycles. The number of carbonyl (C=O) groups excluding carboxylic acids is 1. The normalized spacial score (nSPS) is 16.0. The highest BCUT2D eigenvalue weighted by molar-refractivity contribution is 8.06. The number of aryl methyl sites for hydroxylation is 1. The lowest BCUT2D eigenvalue weighted by Crippen LogP contribution is -2.28. The molecule has 0 aliphatic carbocycles. The first-order chi connectivity index (χ1) is 11.6. The van der Waals surface area contributed by atoms with Crippen LogP contribution < -0.4 is 4.74 Å². The quantitative estimate of drug-likeness (QED) is 0.814. The second-order valence-electron chi connectivity index (χ2n) is 5.08. The zero-order chi connectivity index (χ0) is 17.1. The van der Waals surface area contributed by atoms with Crippen LogP contribution in [0.5, 0.6) is 11.5 Å². The molecule has 1 aromatic carbocycles. The molecule has 0 fully saturated rings. The third-order valence-electron chi connectivity index (χ3n) is 3.42. The Kier molecular flexibility index (Phi) is 4.52. The van der Waals surface area contributed by atoms with E-state index in [4.69, 9.17) is 4.74 Å². The lowest BCUT2D eigenvalue weighted by Gasteiger charge is -2.21. The van der Waals surface area contributed by atoms with Crippen LogP contribution in [0.25, 0.3) is 6.08 Å². The SMILES string of the molecule is COc1cc(C=C2SC=CN(Cc3nnn[nH]3)C2=O)cc(C)c1O. The molecule has 2 heterocycles. The maximum atomic E-state index is 12.6. The number of aromatic hydroxyl groups is 1. The molecule has 0 saturated heterocycles. The van der Waals surface area contributed by atoms with Crippen LogP contribution in [0.4, 0.5) is 0 Å². The van der Waals surface area contributed by atoms with E-state index in [-0.39, 0.29) is 18.2 Å². The summed E-state index contributed by atoms with van der Waals surface area (Å²) in [5.74, 6) is 0.821. The molecule has 8 nitrogen and oxygen atoms in total. The molecule has 0 radical (unpaired) electrons. The van der Waals surface area contributed by atoms with Gasteiger partial charge in [-0.3, -0.25) is 4.79 Å². The molecule has 9 heteroatoms. The van der Waals surface area contributed by atoms with E-state index in [2.05, 4.69) is 20.6 Å². The molecule has 0 bridgehead atoms. The van der Waals surface area contributed by atoms with Gasteiger partial charge in [-0.15, -0.1) is 5.10 Å². The van der Waals surface area contributed by atoms with E-state index >= 15 is 0 Å². The van der Waals surface area contributed by atoms with Gasteiger partial charge in [0.25, 0.3) is 5.91 Å². The van der Waals surface area contributed by atoms with E-state index in [1.165, 1.54) is 23.8 Å². The minimum absolute atomic E-state index is 0.0987. The number of benzene rings is 1. The summed E-state index contributed by atoms with van der Waals surface area (Å²) in [6.45, 7) is 2.04. The van der Waals surface area contributed by atoms with Crippen molar-refractivity contribution < 1.29 is 14.6 Å². The monoisotopic (exact) mass is 345 g/mol. The lowest BCUT2D eigenvalue weighted by molar-refractivity contribution is -0.124. The van der Waals surface area contributed by atoms with Crippen LogP contribution >= 0.6 is 11.8 Å². The third kappa shape index (κ3) is 3.25. The summed E-state index contributed by atoms with van der Waals surface area (Å²) < 4.78 is 5.15. The van der Waals surface area contributed by atoms with Gasteiger partial charge in [-0.05, 0) is 52.1 Å². The van der Waals surface area contributed by atoms with E-state index in [1.807, 2.05) is 5.41 Å². The molecular formula is C15H15N5O3S. The van der Waals surface area contributed by atoms with Crippen LogP contribution in [0.15, 0.2) is 28.6 Å². The van der Waals surface area contributed by atoms with Gasteiger partial charge in [0.1, 0.15) is 0 Å². The number of amides is 1. The number of hydrogen-bond donors (Lipinski definition) is 2. The summed E-state index contributed by atoms with van der Waals surface area (Å²) in [6.07, 6.45) is 3.45. The number of thioether (sulfide) groups is 1. The Labute approximate surface area is 142 Å². The second-order valence-corrected chi connectivity index (χ2v) is 6.03. The van der Waals surface area contributed by atoms with Crippen molar-refractivity contribution in [2.24, 2.45) is 0 Å². The summed E-state index contributed by atoms with van der Waals surface area (Å²) in [6, 6.07) is 3.48. The van der Waals surface area contributed by atoms with Crippen LogP contribution in [0.3, 0.4) is 0 Å². The van der Waals surface area contributed by atoms with E-state index in [0.29, 0.717) is 22.0 Å². The van der Waals surface area contributed by atoms with Gasteiger partial charge in [0.15, 0.2) is 17.3 Å². The zero-order valence-corrected chi connectivity index (χ0v) is 13.9. The molecule has 0 atom stereocenters. The Morgan fingerprint density at radius 3 is 3.00 bits per heavy atom. The topological polar surface area (TPSA) is 104 Å². The molecule has 1 aliphatic rings. The molecule has 3 rings (SSSR count). The summed E-state index contributed by atoms with van der Waals surface area (Å²) >= 11 is 1.33. The van der Waals surface area contributed by atoms with E-state index in [0.717, 1.165) is 5.56 Å². The van der Waals surface area contributed by atoms with Gasteiger partial charge in [-0.2, -0.15) is 0 Å². The predicted molar refractivity (Wildman–Crippen MR) is 88.8 cm³/mol. The zero-order valence-electron chi connectivity index (χ0n) is 13.1. The summed E-state index contributed by atoms with van der Waals surface area (Å²) in [7, 11) is 1.49. The Balaban J connectivity index is 1.86. The minimum atomic E-state index is -0.149. The highest BCUT2D eigenvalue weighted by atomic mass is 32.2. The van der Waals surface area contributed by atoms with Crippen LogP contribution in [0.1, 0.15) is 17.0 Å². The Morgan fingerprint density at radius 1 is 1.46 bits per heavy atom. The number of phenolic OH excluding ortho intramolecular Hbond substituents is 1. The third-order valence-corrected chi connectivity index (χ3v) is 4.23. The molecular weight excluding hydrogens is 330 g/mol. The van der Waals surface area contributed by atoms with Gasteiger partial charge in [0, 0.05) is 6.20 Å². The van der Waals surface area contributed by atoms with Crippen molar-refractivity contribution >= 4 is 23.7 Å².